The van der Waals surface area contributed by atoms with Gasteiger partial charge in [0.05, 0.1) is 12.7 Å². The molecule has 1 saturated heterocycles. The van der Waals surface area contributed by atoms with E-state index in [1.165, 1.54) is 0 Å². The molecule has 15 heavy (non-hydrogen) atoms. The van der Waals surface area contributed by atoms with Gasteiger partial charge in [-0.3, -0.25) is 4.79 Å². The molecular formula is C11H18O4. The van der Waals surface area contributed by atoms with Gasteiger partial charge in [0.25, 0.3) is 0 Å². The summed E-state index contributed by atoms with van der Waals surface area (Å²) in [6, 6.07) is 0. The lowest BCUT2D eigenvalue weighted by atomic mass is 10.2. The number of carboxylic acid groups (broad SMARTS) is 1. The molecular weight excluding hydrogens is 196 g/mol. The van der Waals surface area contributed by atoms with Gasteiger partial charge in [-0.05, 0) is 26.7 Å². The van der Waals surface area contributed by atoms with Gasteiger partial charge in [-0.2, -0.15) is 0 Å². The average molecular weight is 214 g/mol. The Hall–Kier alpha value is -0.870. The summed E-state index contributed by atoms with van der Waals surface area (Å²) in [7, 11) is 0. The molecule has 0 amide bonds. The van der Waals surface area contributed by atoms with E-state index in [-0.39, 0.29) is 12.5 Å². The van der Waals surface area contributed by atoms with Crippen LogP contribution in [0.3, 0.4) is 0 Å². The Morgan fingerprint density at radius 1 is 1.53 bits per heavy atom. The monoisotopic (exact) mass is 214 g/mol. The van der Waals surface area contributed by atoms with Gasteiger partial charge in [0.15, 0.2) is 5.79 Å². The molecule has 0 aromatic heterocycles. The average Bonchev–Trinajstić information content (AvgIpc) is 2.44. The van der Waals surface area contributed by atoms with Crippen LogP contribution in [0.25, 0.3) is 0 Å². The highest BCUT2D eigenvalue weighted by Gasteiger charge is 2.31. The molecule has 1 atom stereocenters. The molecule has 0 aromatic rings. The summed E-state index contributed by atoms with van der Waals surface area (Å²) in [5.41, 5.74) is 0. The van der Waals surface area contributed by atoms with Crippen molar-refractivity contribution in [3.63, 3.8) is 0 Å². The number of carbonyl (C=O) groups is 1. The van der Waals surface area contributed by atoms with Gasteiger partial charge in [-0.15, -0.1) is 0 Å². The van der Waals surface area contributed by atoms with Crippen molar-refractivity contribution >= 4 is 5.97 Å². The molecule has 86 valence electrons. The van der Waals surface area contributed by atoms with Crippen molar-refractivity contribution in [1.82, 2.24) is 0 Å². The molecule has 0 aliphatic carbocycles. The molecule has 4 heteroatoms. The van der Waals surface area contributed by atoms with Crippen molar-refractivity contribution in [2.24, 2.45) is 0 Å². The van der Waals surface area contributed by atoms with Crippen molar-refractivity contribution in [2.75, 3.05) is 6.61 Å². The van der Waals surface area contributed by atoms with Gasteiger partial charge in [0, 0.05) is 6.42 Å². The summed E-state index contributed by atoms with van der Waals surface area (Å²) in [5.74, 6) is -1.24. The molecule has 0 aromatic carbocycles. The largest absolute Gasteiger partial charge is 0.481 e. The molecule has 1 aliphatic rings. The standard InChI is InChI=1S/C11H18O4/c1-11(2)14-8-9(15-11)6-4-3-5-7-10(12)13/h3-4,9H,5-8H2,1-2H3,(H,12,13)/b4-3-. The Bertz CT molecular complexity index is 245. The van der Waals surface area contributed by atoms with Crippen LogP contribution in [0.1, 0.15) is 33.1 Å². The number of allylic oxidation sites excluding steroid dienone is 1. The Morgan fingerprint density at radius 2 is 2.27 bits per heavy atom. The third-order valence-electron chi connectivity index (χ3n) is 2.16. The Labute approximate surface area is 89.9 Å². The second-order valence-corrected chi connectivity index (χ2v) is 4.09. The number of rotatable bonds is 5. The van der Waals surface area contributed by atoms with E-state index in [0.717, 1.165) is 6.42 Å². The van der Waals surface area contributed by atoms with Gasteiger partial charge < -0.3 is 14.6 Å². The zero-order valence-electron chi connectivity index (χ0n) is 9.23. The first-order chi connectivity index (χ1) is 6.99. The van der Waals surface area contributed by atoms with Crippen LogP contribution in [0.15, 0.2) is 12.2 Å². The molecule has 1 N–H and O–H groups in total. The van der Waals surface area contributed by atoms with E-state index in [2.05, 4.69) is 0 Å². The fourth-order valence-corrected chi connectivity index (χ4v) is 1.45. The summed E-state index contributed by atoms with van der Waals surface area (Å²) in [6.07, 6.45) is 5.47. The predicted molar refractivity (Wildman–Crippen MR) is 55.5 cm³/mol. The van der Waals surface area contributed by atoms with Crippen LogP contribution in [0.2, 0.25) is 0 Å². The highest BCUT2D eigenvalue weighted by Crippen LogP contribution is 2.24. The van der Waals surface area contributed by atoms with Crippen molar-refractivity contribution < 1.29 is 19.4 Å². The minimum atomic E-state index is -0.763. The molecule has 1 rings (SSSR count). The number of hydrogen-bond donors (Lipinski definition) is 1. The normalized spacial score (nSPS) is 24.8. The van der Waals surface area contributed by atoms with Gasteiger partial charge in [-0.1, -0.05) is 12.2 Å². The molecule has 0 spiro atoms. The summed E-state index contributed by atoms with van der Waals surface area (Å²) in [4.78, 5) is 10.2. The van der Waals surface area contributed by atoms with Gasteiger partial charge in [-0.25, -0.2) is 0 Å². The maximum absolute atomic E-state index is 10.2. The minimum absolute atomic E-state index is 0.0982. The quantitative estimate of drug-likeness (QED) is 0.711. The van der Waals surface area contributed by atoms with Gasteiger partial charge in [0.1, 0.15) is 0 Å². The fraction of sp³-hybridized carbons (Fsp3) is 0.727. The van der Waals surface area contributed by atoms with Crippen LogP contribution in [0.4, 0.5) is 0 Å². The lowest BCUT2D eigenvalue weighted by Gasteiger charge is -2.16. The first kappa shape index (κ1) is 12.2. The Balaban J connectivity index is 2.13. The highest BCUT2D eigenvalue weighted by molar-refractivity contribution is 5.66. The van der Waals surface area contributed by atoms with Crippen LogP contribution in [0.5, 0.6) is 0 Å². The zero-order chi connectivity index (χ0) is 11.3. The lowest BCUT2D eigenvalue weighted by Crippen LogP contribution is -2.21. The third kappa shape index (κ3) is 4.95. The molecule has 1 fully saturated rings. The number of carboxylic acids is 1. The zero-order valence-corrected chi connectivity index (χ0v) is 9.23. The number of aliphatic carboxylic acids is 1. The maximum atomic E-state index is 10.2. The Morgan fingerprint density at radius 3 is 2.80 bits per heavy atom. The predicted octanol–water partition coefficient (Wildman–Crippen LogP) is 1.95. The van der Waals surface area contributed by atoms with Crippen molar-refractivity contribution in [3.8, 4) is 0 Å². The second-order valence-electron chi connectivity index (χ2n) is 4.09. The molecule has 0 radical (unpaired) electrons. The van der Waals surface area contributed by atoms with E-state index in [4.69, 9.17) is 14.6 Å². The summed E-state index contributed by atoms with van der Waals surface area (Å²) in [6.45, 7) is 4.39. The van der Waals surface area contributed by atoms with Gasteiger partial charge >= 0.3 is 5.97 Å². The number of hydrogen-bond acceptors (Lipinski definition) is 3. The van der Waals surface area contributed by atoms with Crippen molar-refractivity contribution in [3.05, 3.63) is 12.2 Å². The van der Waals surface area contributed by atoms with E-state index in [9.17, 15) is 4.79 Å². The molecule has 1 unspecified atom stereocenters. The van der Waals surface area contributed by atoms with Crippen molar-refractivity contribution in [2.45, 2.75) is 45.0 Å². The maximum Gasteiger partial charge on any atom is 0.303 e. The molecule has 0 saturated carbocycles. The summed E-state index contributed by atoms with van der Waals surface area (Å²) in [5, 5.41) is 8.41. The van der Waals surface area contributed by atoms with Crippen LogP contribution in [-0.2, 0) is 14.3 Å². The van der Waals surface area contributed by atoms with E-state index >= 15 is 0 Å². The van der Waals surface area contributed by atoms with Crippen LogP contribution in [-0.4, -0.2) is 29.6 Å². The van der Waals surface area contributed by atoms with E-state index in [1.54, 1.807) is 0 Å². The van der Waals surface area contributed by atoms with E-state index in [0.29, 0.717) is 13.0 Å². The summed E-state index contributed by atoms with van der Waals surface area (Å²) < 4.78 is 11.0. The topological polar surface area (TPSA) is 55.8 Å². The van der Waals surface area contributed by atoms with Crippen molar-refractivity contribution in [1.29, 1.82) is 0 Å². The molecule has 0 bridgehead atoms. The minimum Gasteiger partial charge on any atom is -0.481 e. The molecule has 1 aliphatic heterocycles. The van der Waals surface area contributed by atoms with Crippen LogP contribution >= 0.6 is 0 Å². The van der Waals surface area contributed by atoms with Crippen LogP contribution in [0, 0.1) is 0 Å². The highest BCUT2D eigenvalue weighted by atomic mass is 16.7. The molecule has 1 heterocycles. The SMILES string of the molecule is CC1(C)OCC(C/C=C\CCC(=O)O)O1. The third-order valence-corrected chi connectivity index (χ3v) is 2.16. The molecule has 4 nitrogen and oxygen atoms in total. The van der Waals surface area contributed by atoms with E-state index < -0.39 is 11.8 Å². The smallest absolute Gasteiger partial charge is 0.303 e. The second kappa shape index (κ2) is 5.28. The van der Waals surface area contributed by atoms with E-state index in [1.807, 2.05) is 26.0 Å². The van der Waals surface area contributed by atoms with Gasteiger partial charge in [0.2, 0.25) is 0 Å². The first-order valence-corrected chi connectivity index (χ1v) is 5.18. The Kier molecular flexibility index (Phi) is 4.29. The number of ether oxygens (including phenoxy) is 2. The summed E-state index contributed by atoms with van der Waals surface area (Å²) >= 11 is 0. The first-order valence-electron chi connectivity index (χ1n) is 5.18. The fourth-order valence-electron chi connectivity index (χ4n) is 1.45. The van der Waals surface area contributed by atoms with Crippen LogP contribution < -0.4 is 0 Å². The lowest BCUT2D eigenvalue weighted by molar-refractivity contribution is -0.138.